The van der Waals surface area contributed by atoms with E-state index in [-0.39, 0.29) is 5.56 Å². The molecule has 0 aliphatic carbocycles. The van der Waals surface area contributed by atoms with E-state index in [1.165, 1.54) is 0 Å². The molecule has 7 nitrogen and oxygen atoms in total. The van der Waals surface area contributed by atoms with Gasteiger partial charge in [-0.05, 0) is 13.0 Å². The SMILES string of the molecule is COc1cc2nc(CN3CCOC[C@@H]3C)[nH]c(=O)c2cc1OC. The minimum absolute atomic E-state index is 0.174. The molecule has 23 heavy (non-hydrogen) atoms. The van der Waals surface area contributed by atoms with Crippen LogP contribution in [-0.4, -0.2) is 54.9 Å². The van der Waals surface area contributed by atoms with Crippen LogP contribution in [0.25, 0.3) is 10.9 Å². The van der Waals surface area contributed by atoms with Crippen LogP contribution in [0.2, 0.25) is 0 Å². The lowest BCUT2D eigenvalue weighted by atomic mass is 10.2. The molecule has 1 aromatic carbocycles. The quantitative estimate of drug-likeness (QED) is 0.911. The van der Waals surface area contributed by atoms with Crippen LogP contribution in [0.4, 0.5) is 0 Å². The summed E-state index contributed by atoms with van der Waals surface area (Å²) in [6.07, 6.45) is 0. The van der Waals surface area contributed by atoms with Crippen molar-refractivity contribution in [3.8, 4) is 11.5 Å². The molecule has 0 unspecified atom stereocenters. The fourth-order valence-corrected chi connectivity index (χ4v) is 2.78. The number of hydrogen-bond acceptors (Lipinski definition) is 6. The Balaban J connectivity index is 1.98. The molecule has 2 aromatic rings. The molecule has 0 radical (unpaired) electrons. The van der Waals surface area contributed by atoms with E-state index in [9.17, 15) is 4.79 Å². The van der Waals surface area contributed by atoms with Gasteiger partial charge in [0, 0.05) is 18.7 Å². The first kappa shape index (κ1) is 15.8. The van der Waals surface area contributed by atoms with Gasteiger partial charge in [-0.15, -0.1) is 0 Å². The molecule has 1 atom stereocenters. The maximum atomic E-state index is 12.4. The number of nitrogens with one attached hydrogen (secondary N) is 1. The number of ether oxygens (including phenoxy) is 3. The first-order chi connectivity index (χ1) is 11.1. The van der Waals surface area contributed by atoms with E-state index in [1.54, 1.807) is 26.4 Å². The van der Waals surface area contributed by atoms with Crippen molar-refractivity contribution in [1.82, 2.24) is 14.9 Å². The Morgan fingerprint density at radius 1 is 1.35 bits per heavy atom. The lowest BCUT2D eigenvalue weighted by Gasteiger charge is -2.32. The van der Waals surface area contributed by atoms with Crippen LogP contribution in [0.1, 0.15) is 12.7 Å². The van der Waals surface area contributed by atoms with Gasteiger partial charge in [0.1, 0.15) is 5.82 Å². The zero-order valence-corrected chi connectivity index (χ0v) is 13.6. The molecule has 0 spiro atoms. The Morgan fingerprint density at radius 3 is 2.78 bits per heavy atom. The van der Waals surface area contributed by atoms with Crippen LogP contribution in [-0.2, 0) is 11.3 Å². The number of H-pyrrole nitrogens is 1. The average molecular weight is 319 g/mol. The molecule has 124 valence electrons. The summed E-state index contributed by atoms with van der Waals surface area (Å²) in [5, 5.41) is 0.487. The Labute approximate surface area is 134 Å². The highest BCUT2D eigenvalue weighted by molar-refractivity contribution is 5.81. The molecule has 1 saturated heterocycles. The lowest BCUT2D eigenvalue weighted by Crippen LogP contribution is -2.43. The van der Waals surface area contributed by atoms with Gasteiger partial charge in [-0.3, -0.25) is 9.69 Å². The molecular formula is C16H21N3O4. The predicted octanol–water partition coefficient (Wildman–Crippen LogP) is 1.16. The third-order valence-corrected chi connectivity index (χ3v) is 4.12. The van der Waals surface area contributed by atoms with Crippen molar-refractivity contribution in [3.63, 3.8) is 0 Å². The number of hydrogen-bond donors (Lipinski definition) is 1. The molecule has 1 fully saturated rings. The normalized spacial score (nSPS) is 19.0. The minimum atomic E-state index is -0.174. The standard InChI is InChI=1S/C16H21N3O4/c1-10-9-23-5-4-19(10)8-15-17-12-7-14(22-3)13(21-2)6-11(12)16(20)18-15/h6-7,10H,4-5,8-9H2,1-3H3,(H,17,18,20)/t10-/m0/s1. The summed E-state index contributed by atoms with van der Waals surface area (Å²) in [6.45, 7) is 4.92. The van der Waals surface area contributed by atoms with Crippen molar-refractivity contribution in [1.29, 1.82) is 0 Å². The molecule has 3 rings (SSSR count). The highest BCUT2D eigenvalue weighted by atomic mass is 16.5. The number of benzene rings is 1. The molecular weight excluding hydrogens is 298 g/mol. The zero-order valence-electron chi connectivity index (χ0n) is 13.6. The molecule has 7 heteroatoms. The van der Waals surface area contributed by atoms with Crippen molar-refractivity contribution in [2.75, 3.05) is 34.0 Å². The predicted molar refractivity (Wildman–Crippen MR) is 86.2 cm³/mol. The molecule has 1 N–H and O–H groups in total. The molecule has 0 amide bonds. The molecule has 1 aromatic heterocycles. The van der Waals surface area contributed by atoms with Crippen LogP contribution < -0.4 is 15.0 Å². The Bertz CT molecular complexity index is 759. The largest absolute Gasteiger partial charge is 0.493 e. The monoisotopic (exact) mass is 319 g/mol. The van der Waals surface area contributed by atoms with E-state index in [2.05, 4.69) is 21.8 Å². The van der Waals surface area contributed by atoms with E-state index in [0.29, 0.717) is 54.0 Å². The van der Waals surface area contributed by atoms with Crippen molar-refractivity contribution < 1.29 is 14.2 Å². The van der Waals surface area contributed by atoms with Crippen LogP contribution in [0.15, 0.2) is 16.9 Å². The fourth-order valence-electron chi connectivity index (χ4n) is 2.78. The van der Waals surface area contributed by atoms with Gasteiger partial charge < -0.3 is 19.2 Å². The maximum Gasteiger partial charge on any atom is 0.258 e. The number of fused-ring (bicyclic) bond motifs is 1. The summed E-state index contributed by atoms with van der Waals surface area (Å²) in [7, 11) is 3.10. The highest BCUT2D eigenvalue weighted by Crippen LogP contribution is 2.30. The number of nitrogens with zero attached hydrogens (tertiary/aromatic N) is 2. The van der Waals surface area contributed by atoms with Crippen LogP contribution in [0.3, 0.4) is 0 Å². The fraction of sp³-hybridized carbons (Fsp3) is 0.500. The van der Waals surface area contributed by atoms with E-state index >= 15 is 0 Å². The highest BCUT2D eigenvalue weighted by Gasteiger charge is 2.20. The third-order valence-electron chi connectivity index (χ3n) is 4.12. The molecule has 0 saturated carbocycles. The zero-order chi connectivity index (χ0) is 16.4. The summed E-state index contributed by atoms with van der Waals surface area (Å²) < 4.78 is 16.0. The number of morpholine rings is 1. The summed E-state index contributed by atoms with van der Waals surface area (Å²) >= 11 is 0. The number of aromatic amines is 1. The second-order valence-electron chi connectivity index (χ2n) is 5.63. The maximum absolute atomic E-state index is 12.4. The molecule has 1 aliphatic rings. The summed E-state index contributed by atoms with van der Waals surface area (Å²) in [6, 6.07) is 3.69. The molecule has 1 aliphatic heterocycles. The first-order valence-electron chi connectivity index (χ1n) is 7.59. The smallest absolute Gasteiger partial charge is 0.258 e. The average Bonchev–Trinajstić information content (AvgIpc) is 2.56. The number of aromatic nitrogens is 2. The second-order valence-corrected chi connectivity index (χ2v) is 5.63. The van der Waals surface area contributed by atoms with Gasteiger partial charge >= 0.3 is 0 Å². The number of methoxy groups -OCH3 is 2. The summed E-state index contributed by atoms with van der Waals surface area (Å²) in [5.41, 5.74) is 0.425. The Hall–Kier alpha value is -2.12. The van der Waals surface area contributed by atoms with Crippen LogP contribution in [0.5, 0.6) is 11.5 Å². The minimum Gasteiger partial charge on any atom is -0.493 e. The van der Waals surface area contributed by atoms with Gasteiger partial charge in [-0.1, -0.05) is 0 Å². The van der Waals surface area contributed by atoms with Gasteiger partial charge in [-0.2, -0.15) is 0 Å². The van der Waals surface area contributed by atoms with Crippen molar-refractivity contribution in [3.05, 3.63) is 28.3 Å². The van der Waals surface area contributed by atoms with E-state index in [1.807, 2.05) is 0 Å². The molecule has 2 heterocycles. The van der Waals surface area contributed by atoms with Gasteiger partial charge in [0.05, 0.1) is 44.9 Å². The van der Waals surface area contributed by atoms with Crippen molar-refractivity contribution in [2.45, 2.75) is 19.5 Å². The lowest BCUT2D eigenvalue weighted by molar-refractivity contribution is -0.00547. The van der Waals surface area contributed by atoms with Gasteiger partial charge in [0.25, 0.3) is 5.56 Å². The van der Waals surface area contributed by atoms with E-state index in [0.717, 1.165) is 6.54 Å². The van der Waals surface area contributed by atoms with E-state index < -0.39 is 0 Å². The van der Waals surface area contributed by atoms with Crippen LogP contribution in [0, 0.1) is 0 Å². The topological polar surface area (TPSA) is 76.7 Å². The second kappa shape index (κ2) is 6.55. The molecule has 0 bridgehead atoms. The van der Waals surface area contributed by atoms with Crippen LogP contribution >= 0.6 is 0 Å². The third kappa shape index (κ3) is 3.16. The number of rotatable bonds is 4. The van der Waals surface area contributed by atoms with Gasteiger partial charge in [0.15, 0.2) is 11.5 Å². The Kier molecular flexibility index (Phi) is 4.49. The van der Waals surface area contributed by atoms with Crippen molar-refractivity contribution in [2.24, 2.45) is 0 Å². The van der Waals surface area contributed by atoms with E-state index in [4.69, 9.17) is 14.2 Å². The summed E-state index contributed by atoms with van der Waals surface area (Å²) in [5.74, 6) is 1.72. The van der Waals surface area contributed by atoms with Crippen molar-refractivity contribution >= 4 is 10.9 Å². The Morgan fingerprint density at radius 2 is 2.09 bits per heavy atom. The first-order valence-corrected chi connectivity index (χ1v) is 7.59. The van der Waals surface area contributed by atoms with Gasteiger partial charge in [-0.25, -0.2) is 4.98 Å². The van der Waals surface area contributed by atoms with Gasteiger partial charge in [0.2, 0.25) is 0 Å². The summed E-state index contributed by atoms with van der Waals surface area (Å²) in [4.78, 5) is 22.0.